The number of methoxy groups -OCH3 is 1. The van der Waals surface area contributed by atoms with Crippen LogP contribution in [0.3, 0.4) is 0 Å². The third-order valence-corrected chi connectivity index (χ3v) is 1.78. The van der Waals surface area contributed by atoms with Gasteiger partial charge in [0, 0.05) is 32.0 Å². The number of rotatable bonds is 6. The highest BCUT2D eigenvalue weighted by Gasteiger charge is 1.99. The molecule has 0 aliphatic heterocycles. The van der Waals surface area contributed by atoms with E-state index < -0.39 is 0 Å². The molecule has 0 aromatic rings. The molecule has 2 nitrogen and oxygen atoms in total. The van der Waals surface area contributed by atoms with Crippen molar-refractivity contribution < 1.29 is 4.74 Å². The van der Waals surface area contributed by atoms with Crippen LogP contribution in [0, 0.1) is 11.8 Å². The molecule has 0 fully saturated rings. The summed E-state index contributed by atoms with van der Waals surface area (Å²) in [5.74, 6) is 7.10. The Labute approximate surface area is 90.1 Å². The predicted octanol–water partition coefficient (Wildman–Crippen LogP) is 1.42. The highest BCUT2D eigenvalue weighted by molar-refractivity contribution is 6.18. The first-order chi connectivity index (χ1) is 6.35. The van der Waals surface area contributed by atoms with Crippen molar-refractivity contribution in [1.82, 2.24) is 4.90 Å². The monoisotopic (exact) mass is 223 g/mol. The van der Waals surface area contributed by atoms with E-state index in [1.807, 2.05) is 0 Å². The molecule has 0 spiro atoms. The first-order valence-electron chi connectivity index (χ1n) is 4.14. The minimum atomic E-state index is 0.482. The summed E-state index contributed by atoms with van der Waals surface area (Å²) in [5.41, 5.74) is 0. The second-order valence-corrected chi connectivity index (χ2v) is 3.20. The first kappa shape index (κ1) is 13.1. The van der Waals surface area contributed by atoms with Gasteiger partial charge < -0.3 is 4.74 Å². The summed E-state index contributed by atoms with van der Waals surface area (Å²) in [6.45, 7) is 2.85. The summed E-state index contributed by atoms with van der Waals surface area (Å²) in [6, 6.07) is 0. The van der Waals surface area contributed by atoms with E-state index in [2.05, 4.69) is 16.7 Å². The minimum Gasteiger partial charge on any atom is -0.372 e. The quantitative estimate of drug-likeness (QED) is 0.499. The van der Waals surface area contributed by atoms with Gasteiger partial charge in [0.25, 0.3) is 0 Å². The summed E-state index contributed by atoms with van der Waals surface area (Å²) in [7, 11) is 1.63. The van der Waals surface area contributed by atoms with Gasteiger partial charge in [-0.25, -0.2) is 0 Å². The lowest BCUT2D eigenvalue weighted by Crippen LogP contribution is -2.28. The van der Waals surface area contributed by atoms with Crippen molar-refractivity contribution in [2.75, 3.05) is 45.1 Å². The molecule has 0 aliphatic carbocycles. The topological polar surface area (TPSA) is 12.5 Å². The zero-order chi connectivity index (χ0) is 9.94. The van der Waals surface area contributed by atoms with Crippen LogP contribution < -0.4 is 0 Å². The molecule has 4 heteroatoms. The molecule has 0 N–H and O–H groups in total. The Morgan fingerprint density at radius 1 is 1.15 bits per heavy atom. The predicted molar refractivity (Wildman–Crippen MR) is 57.5 cm³/mol. The molecule has 0 amide bonds. The Morgan fingerprint density at radius 3 is 2.23 bits per heavy atom. The molecule has 0 unspecified atom stereocenters. The molecular formula is C9H15Cl2NO. The van der Waals surface area contributed by atoms with Crippen LogP contribution in [0.2, 0.25) is 0 Å². The van der Waals surface area contributed by atoms with E-state index in [1.54, 1.807) is 7.11 Å². The first-order valence-corrected chi connectivity index (χ1v) is 5.21. The second-order valence-electron chi connectivity index (χ2n) is 2.44. The molecule has 0 heterocycles. The van der Waals surface area contributed by atoms with Crippen LogP contribution in [-0.4, -0.2) is 50.0 Å². The molecule has 0 saturated heterocycles. The highest BCUT2D eigenvalue weighted by atomic mass is 35.5. The number of halogens is 2. The summed E-state index contributed by atoms with van der Waals surface area (Å²) >= 11 is 11.2. The van der Waals surface area contributed by atoms with Gasteiger partial charge in [0.2, 0.25) is 0 Å². The lowest BCUT2D eigenvalue weighted by atomic mass is 10.4. The van der Waals surface area contributed by atoms with E-state index >= 15 is 0 Å². The van der Waals surface area contributed by atoms with Crippen LogP contribution in [-0.2, 0) is 4.74 Å². The molecule has 0 rings (SSSR count). The Hall–Kier alpha value is 0.0600. The number of ether oxygens (including phenoxy) is 1. The van der Waals surface area contributed by atoms with E-state index in [1.165, 1.54) is 0 Å². The summed E-state index contributed by atoms with van der Waals surface area (Å²) < 4.78 is 4.80. The van der Waals surface area contributed by atoms with Gasteiger partial charge in [-0.05, 0) is 0 Å². The average molecular weight is 224 g/mol. The van der Waals surface area contributed by atoms with Crippen LogP contribution in [0.1, 0.15) is 0 Å². The third-order valence-electron chi connectivity index (χ3n) is 1.45. The Bertz CT molecular complexity index is 159. The zero-order valence-electron chi connectivity index (χ0n) is 7.85. The number of alkyl halides is 2. The van der Waals surface area contributed by atoms with Gasteiger partial charge in [-0.1, -0.05) is 11.8 Å². The van der Waals surface area contributed by atoms with E-state index in [-0.39, 0.29) is 0 Å². The van der Waals surface area contributed by atoms with Gasteiger partial charge in [0.05, 0.1) is 6.54 Å². The van der Waals surface area contributed by atoms with Gasteiger partial charge >= 0.3 is 0 Å². The van der Waals surface area contributed by atoms with Crippen molar-refractivity contribution in [1.29, 1.82) is 0 Å². The fourth-order valence-corrected chi connectivity index (χ4v) is 1.28. The molecule has 0 aromatic carbocycles. The molecule has 0 bridgehead atoms. The van der Waals surface area contributed by atoms with Crippen molar-refractivity contribution in [3.63, 3.8) is 0 Å². The Kier molecular flexibility index (Phi) is 10.2. The van der Waals surface area contributed by atoms with Crippen LogP contribution >= 0.6 is 23.2 Å². The minimum absolute atomic E-state index is 0.482. The fraction of sp³-hybridized carbons (Fsp3) is 0.778. The standard InChI is InChI=1S/C9H15Cl2NO/c1-13-9-3-2-6-12(7-4-10)8-5-11/h4-9H2,1H3. The van der Waals surface area contributed by atoms with E-state index in [4.69, 9.17) is 27.9 Å². The van der Waals surface area contributed by atoms with Gasteiger partial charge in [-0.3, -0.25) is 4.90 Å². The zero-order valence-corrected chi connectivity index (χ0v) is 9.37. The molecule has 0 aromatic heterocycles. The van der Waals surface area contributed by atoms with Crippen LogP contribution in [0.4, 0.5) is 0 Å². The van der Waals surface area contributed by atoms with Gasteiger partial charge in [0.1, 0.15) is 6.61 Å². The molecule has 13 heavy (non-hydrogen) atoms. The normalized spacial score (nSPS) is 9.85. The number of nitrogens with zero attached hydrogens (tertiary/aromatic N) is 1. The van der Waals surface area contributed by atoms with Crippen molar-refractivity contribution in [2.45, 2.75) is 0 Å². The SMILES string of the molecule is COCC#CCN(CCCl)CCCl. The molecule has 0 saturated carbocycles. The van der Waals surface area contributed by atoms with Crippen LogP contribution in [0.5, 0.6) is 0 Å². The maximum Gasteiger partial charge on any atom is 0.107 e. The van der Waals surface area contributed by atoms with Crippen molar-refractivity contribution >= 4 is 23.2 Å². The summed E-state index contributed by atoms with van der Waals surface area (Å²) in [6.07, 6.45) is 0. The van der Waals surface area contributed by atoms with E-state index in [0.29, 0.717) is 24.9 Å². The highest BCUT2D eigenvalue weighted by Crippen LogP contribution is 1.90. The van der Waals surface area contributed by atoms with Crippen molar-refractivity contribution in [3.8, 4) is 11.8 Å². The molecule has 0 radical (unpaired) electrons. The van der Waals surface area contributed by atoms with Crippen LogP contribution in [0.15, 0.2) is 0 Å². The molecular weight excluding hydrogens is 209 g/mol. The third kappa shape index (κ3) is 8.39. The van der Waals surface area contributed by atoms with E-state index in [0.717, 1.165) is 13.1 Å². The summed E-state index contributed by atoms with van der Waals surface area (Å²) in [4.78, 5) is 2.11. The van der Waals surface area contributed by atoms with Gasteiger partial charge in [-0.2, -0.15) is 0 Å². The largest absolute Gasteiger partial charge is 0.372 e. The maximum atomic E-state index is 5.61. The lowest BCUT2D eigenvalue weighted by molar-refractivity contribution is 0.239. The number of hydrogen-bond donors (Lipinski definition) is 0. The van der Waals surface area contributed by atoms with Crippen LogP contribution in [0.25, 0.3) is 0 Å². The Morgan fingerprint density at radius 2 is 1.77 bits per heavy atom. The van der Waals surface area contributed by atoms with Crippen molar-refractivity contribution in [2.24, 2.45) is 0 Å². The smallest absolute Gasteiger partial charge is 0.107 e. The van der Waals surface area contributed by atoms with Gasteiger partial charge in [-0.15, -0.1) is 23.2 Å². The van der Waals surface area contributed by atoms with Crippen molar-refractivity contribution in [3.05, 3.63) is 0 Å². The molecule has 0 aliphatic rings. The lowest BCUT2D eigenvalue weighted by Gasteiger charge is -2.15. The van der Waals surface area contributed by atoms with E-state index in [9.17, 15) is 0 Å². The number of hydrogen-bond acceptors (Lipinski definition) is 2. The Balaban J connectivity index is 3.62. The molecule has 76 valence electrons. The summed E-state index contributed by atoms with van der Waals surface area (Å²) in [5, 5.41) is 0. The van der Waals surface area contributed by atoms with Gasteiger partial charge in [0.15, 0.2) is 0 Å². The maximum absolute atomic E-state index is 5.61. The average Bonchev–Trinajstić information content (AvgIpc) is 2.13. The fourth-order valence-electron chi connectivity index (χ4n) is 0.800. The second kappa shape index (κ2) is 10.1. The molecule has 0 atom stereocenters.